The van der Waals surface area contributed by atoms with Gasteiger partial charge in [0.2, 0.25) is 10.0 Å². The Morgan fingerprint density at radius 3 is 2.54 bits per heavy atom. The molecule has 1 saturated heterocycles. The lowest BCUT2D eigenvalue weighted by Gasteiger charge is -2.32. The van der Waals surface area contributed by atoms with Crippen LogP contribution in [0.25, 0.3) is 0 Å². The third kappa shape index (κ3) is 5.21. The zero-order chi connectivity index (χ0) is 17.0. The molecule has 1 aromatic rings. The molecule has 1 aromatic carbocycles. The van der Waals surface area contributed by atoms with Gasteiger partial charge in [0.15, 0.2) is 0 Å². The fourth-order valence-electron chi connectivity index (χ4n) is 2.65. The van der Waals surface area contributed by atoms with E-state index in [0.29, 0.717) is 26.1 Å². The first-order valence-corrected chi connectivity index (χ1v) is 9.38. The number of sulfonamides is 1. The SMILES string of the molecule is Cl.O=C(O)CNCC1CCCN(S(=O)(=O)c2c(Cl)cccc2Cl)C1. The second kappa shape index (κ2) is 9.22. The molecule has 10 heteroatoms. The summed E-state index contributed by atoms with van der Waals surface area (Å²) >= 11 is 12.0. The Labute approximate surface area is 157 Å². The van der Waals surface area contributed by atoms with Gasteiger partial charge in [-0.15, -0.1) is 12.4 Å². The fraction of sp³-hybridized carbons (Fsp3) is 0.500. The number of piperidine rings is 1. The van der Waals surface area contributed by atoms with Crippen molar-refractivity contribution in [3.63, 3.8) is 0 Å². The zero-order valence-corrected chi connectivity index (χ0v) is 15.9. The molecule has 1 atom stereocenters. The largest absolute Gasteiger partial charge is 0.480 e. The van der Waals surface area contributed by atoms with Crippen molar-refractivity contribution < 1.29 is 18.3 Å². The van der Waals surface area contributed by atoms with Crippen molar-refractivity contribution in [3.8, 4) is 0 Å². The predicted octanol–water partition coefficient (Wildman–Crippen LogP) is 2.49. The second-order valence-corrected chi connectivity index (χ2v) is 8.14. The van der Waals surface area contributed by atoms with E-state index < -0.39 is 16.0 Å². The third-order valence-electron chi connectivity index (χ3n) is 3.71. The summed E-state index contributed by atoms with van der Waals surface area (Å²) in [5.74, 6) is -0.882. The lowest BCUT2D eigenvalue weighted by atomic mass is 10.00. The number of rotatable bonds is 6. The molecule has 6 nitrogen and oxygen atoms in total. The van der Waals surface area contributed by atoms with Gasteiger partial charge in [-0.25, -0.2) is 8.42 Å². The van der Waals surface area contributed by atoms with Crippen molar-refractivity contribution in [2.45, 2.75) is 17.7 Å². The van der Waals surface area contributed by atoms with E-state index in [-0.39, 0.29) is 39.8 Å². The Kier molecular flexibility index (Phi) is 8.25. The molecule has 2 N–H and O–H groups in total. The highest BCUT2D eigenvalue weighted by molar-refractivity contribution is 7.89. The van der Waals surface area contributed by atoms with Gasteiger partial charge in [-0.1, -0.05) is 29.3 Å². The number of nitrogens with zero attached hydrogens (tertiary/aromatic N) is 1. The van der Waals surface area contributed by atoms with E-state index in [9.17, 15) is 13.2 Å². The van der Waals surface area contributed by atoms with Crippen LogP contribution in [-0.4, -0.2) is 50.0 Å². The van der Waals surface area contributed by atoms with Crippen LogP contribution in [0, 0.1) is 5.92 Å². The maximum atomic E-state index is 12.8. The quantitative estimate of drug-likeness (QED) is 0.742. The average Bonchev–Trinajstić information content (AvgIpc) is 2.47. The number of aliphatic carboxylic acids is 1. The minimum atomic E-state index is -3.77. The van der Waals surface area contributed by atoms with Crippen LogP contribution >= 0.6 is 35.6 Å². The third-order valence-corrected chi connectivity index (χ3v) is 6.53. The molecule has 1 aliphatic heterocycles. The molecule has 2 rings (SSSR count). The van der Waals surface area contributed by atoms with Crippen LogP contribution < -0.4 is 5.32 Å². The minimum absolute atomic E-state index is 0. The maximum Gasteiger partial charge on any atom is 0.317 e. The van der Waals surface area contributed by atoms with Crippen molar-refractivity contribution in [2.24, 2.45) is 5.92 Å². The summed E-state index contributed by atoms with van der Waals surface area (Å²) in [5.41, 5.74) is 0. The Bertz CT molecular complexity index is 664. The molecule has 0 radical (unpaired) electrons. The van der Waals surface area contributed by atoms with Gasteiger partial charge in [0, 0.05) is 13.1 Å². The van der Waals surface area contributed by atoms with E-state index in [0.717, 1.165) is 6.42 Å². The molecule has 1 unspecified atom stereocenters. The summed E-state index contributed by atoms with van der Waals surface area (Å²) in [6.07, 6.45) is 1.55. The molecular formula is C14H19Cl3N2O4S. The number of hydrogen-bond acceptors (Lipinski definition) is 4. The number of halogens is 3. The van der Waals surface area contributed by atoms with Gasteiger partial charge >= 0.3 is 5.97 Å². The van der Waals surface area contributed by atoms with Crippen LogP contribution in [-0.2, 0) is 14.8 Å². The van der Waals surface area contributed by atoms with Crippen LogP contribution in [0.1, 0.15) is 12.8 Å². The summed E-state index contributed by atoms with van der Waals surface area (Å²) in [6.45, 7) is 1.03. The Hall–Kier alpha value is -0.570. The summed E-state index contributed by atoms with van der Waals surface area (Å²) in [4.78, 5) is 10.5. The van der Waals surface area contributed by atoms with E-state index in [1.165, 1.54) is 16.4 Å². The number of benzene rings is 1. The molecule has 0 bridgehead atoms. The molecule has 0 spiro atoms. The molecule has 1 aliphatic rings. The van der Waals surface area contributed by atoms with E-state index in [1.807, 2.05) is 0 Å². The topological polar surface area (TPSA) is 86.7 Å². The second-order valence-electron chi connectivity index (χ2n) is 5.45. The Balaban J connectivity index is 0.00000288. The zero-order valence-electron chi connectivity index (χ0n) is 12.7. The molecular weight excluding hydrogens is 399 g/mol. The van der Waals surface area contributed by atoms with E-state index in [2.05, 4.69) is 5.32 Å². The van der Waals surface area contributed by atoms with Crippen molar-refractivity contribution >= 4 is 51.6 Å². The number of hydrogen-bond donors (Lipinski definition) is 2. The Morgan fingerprint density at radius 2 is 1.96 bits per heavy atom. The first-order chi connectivity index (χ1) is 10.8. The summed E-state index contributed by atoms with van der Waals surface area (Å²) in [5, 5.41) is 11.7. The first kappa shape index (κ1) is 21.5. The molecule has 1 heterocycles. The molecule has 24 heavy (non-hydrogen) atoms. The number of carbonyl (C=O) groups is 1. The smallest absolute Gasteiger partial charge is 0.317 e. The van der Waals surface area contributed by atoms with E-state index in [1.54, 1.807) is 6.07 Å². The average molecular weight is 418 g/mol. The standard InChI is InChI=1S/C14H18Cl2N2O4S.ClH/c15-11-4-1-5-12(16)14(11)23(21,22)18-6-2-3-10(9-18)7-17-8-13(19)20;/h1,4-5,10,17H,2-3,6-9H2,(H,19,20);1H. The monoisotopic (exact) mass is 416 g/mol. The van der Waals surface area contributed by atoms with Gasteiger partial charge in [-0.05, 0) is 37.4 Å². The molecule has 136 valence electrons. The normalized spacial score (nSPS) is 18.8. The molecule has 0 amide bonds. The highest BCUT2D eigenvalue weighted by atomic mass is 35.5. The van der Waals surface area contributed by atoms with Crippen LogP contribution in [0.2, 0.25) is 10.0 Å². The summed E-state index contributed by atoms with van der Waals surface area (Å²) < 4.78 is 27.0. The van der Waals surface area contributed by atoms with Gasteiger partial charge in [0.1, 0.15) is 4.90 Å². The van der Waals surface area contributed by atoms with Crippen LogP contribution in [0.5, 0.6) is 0 Å². The predicted molar refractivity (Wildman–Crippen MR) is 95.7 cm³/mol. The molecule has 0 aliphatic carbocycles. The summed E-state index contributed by atoms with van der Waals surface area (Å²) in [7, 11) is -3.77. The fourth-order valence-corrected chi connectivity index (χ4v) is 5.30. The van der Waals surface area contributed by atoms with Crippen molar-refractivity contribution in [1.82, 2.24) is 9.62 Å². The molecule has 0 saturated carbocycles. The number of carboxylic acids is 1. The van der Waals surface area contributed by atoms with Crippen molar-refractivity contribution in [3.05, 3.63) is 28.2 Å². The first-order valence-electron chi connectivity index (χ1n) is 7.19. The van der Waals surface area contributed by atoms with E-state index in [4.69, 9.17) is 28.3 Å². The lowest BCUT2D eigenvalue weighted by molar-refractivity contribution is -0.136. The van der Waals surface area contributed by atoms with E-state index >= 15 is 0 Å². The van der Waals surface area contributed by atoms with Gasteiger partial charge in [0.05, 0.1) is 16.6 Å². The number of carboxylic acid groups (broad SMARTS) is 1. The highest BCUT2D eigenvalue weighted by Crippen LogP contribution is 2.33. The highest BCUT2D eigenvalue weighted by Gasteiger charge is 2.33. The lowest BCUT2D eigenvalue weighted by Crippen LogP contribution is -2.43. The molecule has 0 aromatic heterocycles. The van der Waals surface area contributed by atoms with Crippen LogP contribution in [0.4, 0.5) is 0 Å². The van der Waals surface area contributed by atoms with Gasteiger partial charge in [-0.2, -0.15) is 4.31 Å². The Morgan fingerprint density at radius 1 is 1.33 bits per heavy atom. The van der Waals surface area contributed by atoms with Gasteiger partial charge in [0.25, 0.3) is 0 Å². The van der Waals surface area contributed by atoms with Crippen LogP contribution in [0.3, 0.4) is 0 Å². The van der Waals surface area contributed by atoms with Crippen molar-refractivity contribution in [2.75, 3.05) is 26.2 Å². The van der Waals surface area contributed by atoms with Crippen molar-refractivity contribution in [1.29, 1.82) is 0 Å². The summed E-state index contributed by atoms with van der Waals surface area (Å²) in [6, 6.07) is 4.59. The molecule has 1 fully saturated rings. The van der Waals surface area contributed by atoms with Gasteiger partial charge < -0.3 is 10.4 Å². The van der Waals surface area contributed by atoms with Gasteiger partial charge in [-0.3, -0.25) is 4.79 Å². The van der Waals surface area contributed by atoms with Crippen LogP contribution in [0.15, 0.2) is 23.1 Å². The maximum absolute atomic E-state index is 12.8. The minimum Gasteiger partial charge on any atom is -0.480 e. The number of nitrogens with one attached hydrogen (secondary N) is 1.